The minimum Gasteiger partial charge on any atom is -0.350 e. The highest BCUT2D eigenvalue weighted by Gasteiger charge is 2.08. The average molecular weight is 351 g/mol. The molecule has 0 atom stereocenters. The van der Waals surface area contributed by atoms with Gasteiger partial charge in [0.1, 0.15) is 12.1 Å². The summed E-state index contributed by atoms with van der Waals surface area (Å²) in [6.45, 7) is 0.703. The summed E-state index contributed by atoms with van der Waals surface area (Å²) in [7, 11) is 0. The van der Waals surface area contributed by atoms with Gasteiger partial charge in [0, 0.05) is 4.88 Å². The Bertz CT molecular complexity index is 752. The SMILES string of the molecule is O=C(Cn1nnc2ccccc21)NCc1ccc(Br)s1. The van der Waals surface area contributed by atoms with Gasteiger partial charge >= 0.3 is 0 Å². The number of aromatic nitrogens is 3. The van der Waals surface area contributed by atoms with Gasteiger partial charge in [0.2, 0.25) is 5.91 Å². The Hall–Kier alpha value is -1.73. The predicted octanol–water partition coefficient (Wildman–Crippen LogP) is 2.57. The number of nitrogens with one attached hydrogen (secondary N) is 1. The quantitative estimate of drug-likeness (QED) is 0.786. The second kappa shape index (κ2) is 5.72. The van der Waals surface area contributed by atoms with Gasteiger partial charge in [-0.15, -0.1) is 16.4 Å². The minimum atomic E-state index is -0.0785. The Morgan fingerprint density at radius 1 is 1.30 bits per heavy atom. The number of fused-ring (bicyclic) bond motifs is 1. The number of carbonyl (C=O) groups is 1. The fourth-order valence-corrected chi connectivity index (χ4v) is 3.28. The number of carbonyl (C=O) groups excluding carboxylic acids is 1. The van der Waals surface area contributed by atoms with Crippen LogP contribution in [0.5, 0.6) is 0 Å². The molecule has 0 aliphatic heterocycles. The van der Waals surface area contributed by atoms with E-state index in [1.54, 1.807) is 16.0 Å². The van der Waals surface area contributed by atoms with E-state index in [4.69, 9.17) is 0 Å². The molecule has 20 heavy (non-hydrogen) atoms. The van der Waals surface area contributed by atoms with Gasteiger partial charge in [0.05, 0.1) is 15.8 Å². The third-order valence-corrected chi connectivity index (χ3v) is 4.43. The Morgan fingerprint density at radius 3 is 2.95 bits per heavy atom. The highest BCUT2D eigenvalue weighted by Crippen LogP contribution is 2.21. The molecule has 3 rings (SSSR count). The van der Waals surface area contributed by atoms with Crippen molar-refractivity contribution in [2.45, 2.75) is 13.1 Å². The molecular weight excluding hydrogens is 340 g/mol. The Kier molecular flexibility index (Phi) is 3.79. The van der Waals surface area contributed by atoms with Crippen LogP contribution >= 0.6 is 27.3 Å². The van der Waals surface area contributed by atoms with Crippen LogP contribution in [-0.2, 0) is 17.9 Å². The second-order valence-corrected chi connectivity index (χ2v) is 6.77. The molecule has 0 saturated carbocycles. The minimum absolute atomic E-state index is 0.0785. The van der Waals surface area contributed by atoms with Crippen LogP contribution in [0.3, 0.4) is 0 Å². The zero-order chi connectivity index (χ0) is 13.9. The number of thiophene rings is 1. The fraction of sp³-hybridized carbons (Fsp3) is 0.154. The first kappa shape index (κ1) is 13.3. The molecule has 2 aromatic heterocycles. The molecule has 3 aromatic rings. The van der Waals surface area contributed by atoms with Gasteiger partial charge in [-0.1, -0.05) is 17.3 Å². The monoisotopic (exact) mass is 350 g/mol. The summed E-state index contributed by atoms with van der Waals surface area (Å²) in [5.41, 5.74) is 1.66. The van der Waals surface area contributed by atoms with E-state index in [0.717, 1.165) is 19.7 Å². The molecule has 2 heterocycles. The van der Waals surface area contributed by atoms with Crippen molar-refractivity contribution >= 4 is 44.2 Å². The molecule has 1 N–H and O–H groups in total. The number of benzene rings is 1. The van der Waals surface area contributed by atoms with E-state index in [-0.39, 0.29) is 12.5 Å². The van der Waals surface area contributed by atoms with Crippen LogP contribution in [0.2, 0.25) is 0 Å². The van der Waals surface area contributed by atoms with Crippen molar-refractivity contribution in [1.29, 1.82) is 0 Å². The zero-order valence-electron chi connectivity index (χ0n) is 10.4. The first-order valence-electron chi connectivity index (χ1n) is 6.01. The van der Waals surface area contributed by atoms with Crippen molar-refractivity contribution in [2.75, 3.05) is 0 Å². The van der Waals surface area contributed by atoms with Crippen LogP contribution < -0.4 is 5.32 Å². The standard InChI is InChI=1S/C13H11BrN4OS/c14-12-6-5-9(20-12)7-15-13(19)8-18-11-4-2-1-3-10(11)16-17-18/h1-6H,7-8H2,(H,15,19). The van der Waals surface area contributed by atoms with Crippen LogP contribution in [0.25, 0.3) is 11.0 Å². The van der Waals surface area contributed by atoms with E-state index in [0.29, 0.717) is 6.54 Å². The van der Waals surface area contributed by atoms with Gasteiger partial charge in [-0.25, -0.2) is 4.68 Å². The molecule has 0 bridgehead atoms. The number of nitrogens with zero attached hydrogens (tertiary/aromatic N) is 3. The Balaban J connectivity index is 1.64. The molecule has 0 fully saturated rings. The highest BCUT2D eigenvalue weighted by atomic mass is 79.9. The summed E-state index contributed by atoms with van der Waals surface area (Å²) >= 11 is 5.01. The summed E-state index contributed by atoms with van der Waals surface area (Å²) in [5.74, 6) is -0.0785. The second-order valence-electron chi connectivity index (χ2n) is 4.22. The molecule has 0 radical (unpaired) electrons. The van der Waals surface area contributed by atoms with Crippen LogP contribution in [0.1, 0.15) is 4.88 Å². The largest absolute Gasteiger partial charge is 0.350 e. The smallest absolute Gasteiger partial charge is 0.242 e. The van der Waals surface area contributed by atoms with Crippen LogP contribution in [0, 0.1) is 0 Å². The number of rotatable bonds is 4. The lowest BCUT2D eigenvalue weighted by atomic mass is 10.3. The lowest BCUT2D eigenvalue weighted by Crippen LogP contribution is -2.27. The van der Waals surface area contributed by atoms with E-state index < -0.39 is 0 Å². The molecule has 0 unspecified atom stereocenters. The summed E-state index contributed by atoms with van der Waals surface area (Å²) in [6, 6.07) is 11.5. The molecule has 5 nitrogen and oxygen atoms in total. The molecule has 0 saturated heterocycles. The number of hydrogen-bond acceptors (Lipinski definition) is 4. The van der Waals surface area contributed by atoms with Crippen molar-refractivity contribution in [3.63, 3.8) is 0 Å². The Morgan fingerprint density at radius 2 is 2.15 bits per heavy atom. The van der Waals surface area contributed by atoms with Gasteiger partial charge in [-0.05, 0) is 40.2 Å². The van der Waals surface area contributed by atoms with Gasteiger partial charge in [0.25, 0.3) is 0 Å². The number of hydrogen-bond donors (Lipinski definition) is 1. The predicted molar refractivity (Wildman–Crippen MR) is 81.4 cm³/mol. The molecule has 102 valence electrons. The summed E-state index contributed by atoms with van der Waals surface area (Å²) < 4.78 is 2.67. The maximum atomic E-state index is 11.9. The van der Waals surface area contributed by atoms with E-state index in [1.807, 2.05) is 36.4 Å². The first-order valence-corrected chi connectivity index (χ1v) is 7.62. The molecule has 0 spiro atoms. The highest BCUT2D eigenvalue weighted by molar-refractivity contribution is 9.11. The molecular formula is C13H11BrN4OS. The molecule has 7 heteroatoms. The van der Waals surface area contributed by atoms with Gasteiger partial charge in [0.15, 0.2) is 0 Å². The van der Waals surface area contributed by atoms with Gasteiger partial charge in [-0.3, -0.25) is 4.79 Å². The van der Waals surface area contributed by atoms with Gasteiger partial charge in [-0.2, -0.15) is 0 Å². The Labute approximate surface area is 127 Å². The number of para-hydroxylation sites is 1. The molecule has 1 amide bonds. The van der Waals surface area contributed by atoms with E-state index >= 15 is 0 Å². The fourth-order valence-electron chi connectivity index (χ4n) is 1.86. The van der Waals surface area contributed by atoms with Crippen molar-refractivity contribution < 1.29 is 4.79 Å². The number of amides is 1. The van der Waals surface area contributed by atoms with Crippen molar-refractivity contribution in [3.8, 4) is 0 Å². The van der Waals surface area contributed by atoms with Crippen LogP contribution in [-0.4, -0.2) is 20.9 Å². The van der Waals surface area contributed by atoms with Crippen LogP contribution in [0.4, 0.5) is 0 Å². The van der Waals surface area contributed by atoms with Crippen molar-refractivity contribution in [3.05, 3.63) is 45.1 Å². The first-order chi connectivity index (χ1) is 9.72. The topological polar surface area (TPSA) is 59.8 Å². The maximum absolute atomic E-state index is 11.9. The molecule has 0 aliphatic carbocycles. The van der Waals surface area contributed by atoms with Crippen molar-refractivity contribution in [1.82, 2.24) is 20.3 Å². The normalized spacial score (nSPS) is 10.8. The molecule has 0 aliphatic rings. The van der Waals surface area contributed by atoms with Crippen molar-refractivity contribution in [2.24, 2.45) is 0 Å². The maximum Gasteiger partial charge on any atom is 0.242 e. The number of halogens is 1. The summed E-state index contributed by atoms with van der Waals surface area (Å²) in [5, 5.41) is 10.9. The third kappa shape index (κ3) is 2.88. The van der Waals surface area contributed by atoms with E-state index in [2.05, 4.69) is 31.6 Å². The average Bonchev–Trinajstić information content (AvgIpc) is 3.04. The summed E-state index contributed by atoms with van der Waals surface area (Å²) in [4.78, 5) is 13.0. The third-order valence-electron chi connectivity index (χ3n) is 2.80. The van der Waals surface area contributed by atoms with E-state index in [9.17, 15) is 4.79 Å². The van der Waals surface area contributed by atoms with Crippen LogP contribution in [0.15, 0.2) is 40.2 Å². The lowest BCUT2D eigenvalue weighted by molar-refractivity contribution is -0.121. The zero-order valence-corrected chi connectivity index (χ0v) is 12.8. The van der Waals surface area contributed by atoms with E-state index in [1.165, 1.54) is 0 Å². The molecule has 1 aromatic carbocycles. The summed E-state index contributed by atoms with van der Waals surface area (Å²) in [6.07, 6.45) is 0. The lowest BCUT2D eigenvalue weighted by Gasteiger charge is -2.04. The van der Waals surface area contributed by atoms with Gasteiger partial charge < -0.3 is 5.32 Å².